The molecule has 80 heavy (non-hydrogen) atoms. The lowest BCUT2D eigenvalue weighted by Crippen LogP contribution is -2.47. The molecule has 3 aliphatic heterocycles. The highest BCUT2D eigenvalue weighted by Crippen LogP contribution is 2.31. The zero-order valence-corrected chi connectivity index (χ0v) is 47.6. The van der Waals surface area contributed by atoms with Gasteiger partial charge in [-0.05, 0) is 138 Å². The lowest BCUT2D eigenvalue weighted by molar-refractivity contribution is 0.0197. The fraction of sp³-hybridized carbons (Fsp3) is 0.500. The highest BCUT2D eigenvalue weighted by molar-refractivity contribution is 5.89. The highest BCUT2D eigenvalue weighted by atomic mass is 16.6. The Morgan fingerprint density at radius 1 is 0.512 bits per heavy atom. The molecule has 3 fully saturated rings. The van der Waals surface area contributed by atoms with Crippen molar-refractivity contribution >= 4 is 59.3 Å². The smallest absolute Gasteiger partial charge is 0.410 e. The number of anilines is 5. The Balaban J connectivity index is 0.000000196. The van der Waals surface area contributed by atoms with E-state index in [4.69, 9.17) is 23.7 Å². The Morgan fingerprint density at radius 3 is 1.20 bits per heavy atom. The second kappa shape index (κ2) is 29.8. The van der Waals surface area contributed by atoms with Gasteiger partial charge in [-0.3, -0.25) is 0 Å². The van der Waals surface area contributed by atoms with Crippen molar-refractivity contribution in [1.82, 2.24) is 45.0 Å². The molecule has 0 spiro atoms. The number of piperidine rings is 3. The minimum atomic E-state index is -0.515. The van der Waals surface area contributed by atoms with Gasteiger partial charge in [-0.25, -0.2) is 53.9 Å². The third kappa shape index (κ3) is 18.8. The molecule has 0 atom stereocenters. The molecule has 6 heterocycles. The second-order valence-corrected chi connectivity index (χ2v) is 21.0. The Labute approximate surface area is 469 Å². The summed E-state index contributed by atoms with van der Waals surface area (Å²) in [6.45, 7) is 21.8. The van der Waals surface area contributed by atoms with Gasteiger partial charge in [-0.1, -0.05) is 36.4 Å². The number of ether oxygens (including phenoxy) is 5. The van der Waals surface area contributed by atoms with Crippen LogP contribution in [0.5, 0.6) is 0 Å². The number of nitrogens with zero attached hydrogens (tertiary/aromatic N) is 10. The lowest BCUT2D eigenvalue weighted by Gasteiger charge is -2.38. The predicted molar refractivity (Wildman–Crippen MR) is 302 cm³/mol. The summed E-state index contributed by atoms with van der Waals surface area (Å²) < 4.78 is 25.8. The molecule has 5 aromatic rings. The van der Waals surface area contributed by atoms with Crippen LogP contribution in [0.4, 0.5) is 38.8 Å². The molecule has 0 unspecified atom stereocenters. The van der Waals surface area contributed by atoms with Crippen LogP contribution in [0.15, 0.2) is 97.8 Å². The summed E-state index contributed by atoms with van der Waals surface area (Å²) in [5.41, 5.74) is 2.04. The molecule has 3 aliphatic rings. The average Bonchev–Trinajstić information content (AvgIpc) is 3.45. The minimum Gasteiger partial charge on any atom is -0.462 e. The van der Waals surface area contributed by atoms with Crippen molar-refractivity contribution in [3.05, 3.63) is 115 Å². The fourth-order valence-corrected chi connectivity index (χ4v) is 8.82. The molecule has 0 radical (unpaired) electrons. The molecule has 0 saturated carbocycles. The van der Waals surface area contributed by atoms with Crippen LogP contribution in [0.3, 0.4) is 0 Å². The highest BCUT2D eigenvalue weighted by Gasteiger charge is 2.32. The average molecular weight is 1100 g/mol. The number of carbonyl (C=O) groups is 5. The standard InChI is InChI=1S/C23H30N4O4.C18H22N4O2.C17H26N4O4/c1-5-30-20(28)17-15-24-21(25-16-17)27(18-9-7-6-8-10-18)19-11-13-26(14-12-19)22(29)31-23(2,3)4;1-2-24-17(23)14-12-20-18(21-13-14)22(15-6-4-3-5-7-15)16-8-10-19-11-9-16;1-5-24-14(22)12-10-18-15(19-11-12)20-13-6-8-21(9-7-13)16(23)25-17(2,3)4/h6-10,15-16,19H,5,11-14H2,1-4H3;3-7,12-13,16,19H,2,8-11H2,1H3;10-11,13H,5-9H2,1-4H3,(H,18,19,20). The number of nitrogens with one attached hydrogen (secondary N) is 2. The summed E-state index contributed by atoms with van der Waals surface area (Å²) in [5.74, 6) is 0.322. The number of para-hydroxylation sites is 2. The van der Waals surface area contributed by atoms with Gasteiger partial charge in [0.1, 0.15) is 11.2 Å². The first-order valence-corrected chi connectivity index (χ1v) is 27.4. The molecule has 2 aromatic carbocycles. The summed E-state index contributed by atoms with van der Waals surface area (Å²) in [4.78, 5) is 93.5. The van der Waals surface area contributed by atoms with Crippen LogP contribution in [-0.2, 0) is 23.7 Å². The van der Waals surface area contributed by atoms with E-state index in [-0.39, 0.29) is 24.3 Å². The Bertz CT molecular complexity index is 2710. The van der Waals surface area contributed by atoms with E-state index in [0.29, 0.717) is 86.6 Å². The lowest BCUT2D eigenvalue weighted by atomic mass is 10.0. The van der Waals surface area contributed by atoms with E-state index in [1.165, 1.54) is 37.2 Å². The molecule has 22 nitrogen and oxygen atoms in total. The van der Waals surface area contributed by atoms with Gasteiger partial charge in [-0.2, -0.15) is 0 Å². The third-order valence-corrected chi connectivity index (χ3v) is 12.6. The van der Waals surface area contributed by atoms with E-state index in [1.807, 2.05) is 90.1 Å². The largest absolute Gasteiger partial charge is 0.462 e. The summed E-state index contributed by atoms with van der Waals surface area (Å²) in [5, 5.41) is 6.62. The van der Waals surface area contributed by atoms with Crippen molar-refractivity contribution in [1.29, 1.82) is 0 Å². The number of likely N-dealkylation sites (tertiary alicyclic amines) is 2. The van der Waals surface area contributed by atoms with E-state index < -0.39 is 29.1 Å². The van der Waals surface area contributed by atoms with Crippen LogP contribution in [0.2, 0.25) is 0 Å². The van der Waals surface area contributed by atoms with Crippen LogP contribution in [0.25, 0.3) is 0 Å². The fourth-order valence-electron chi connectivity index (χ4n) is 8.82. The number of benzene rings is 2. The molecule has 430 valence electrons. The topological polar surface area (TPSA) is 246 Å². The van der Waals surface area contributed by atoms with Crippen LogP contribution < -0.4 is 20.4 Å². The molecular formula is C58H78N12O10. The summed E-state index contributed by atoms with van der Waals surface area (Å²) in [6.07, 6.45) is 13.5. The molecule has 2 amide bonds. The zero-order valence-electron chi connectivity index (χ0n) is 47.6. The second-order valence-electron chi connectivity index (χ2n) is 21.0. The van der Waals surface area contributed by atoms with Crippen molar-refractivity contribution in [2.75, 3.05) is 74.2 Å². The van der Waals surface area contributed by atoms with E-state index in [0.717, 1.165) is 63.0 Å². The molecule has 3 aromatic heterocycles. The molecule has 8 rings (SSSR count). The first-order chi connectivity index (χ1) is 38.4. The Kier molecular flexibility index (Phi) is 22.8. The monoisotopic (exact) mass is 1100 g/mol. The summed E-state index contributed by atoms with van der Waals surface area (Å²) in [7, 11) is 0. The summed E-state index contributed by atoms with van der Waals surface area (Å²) >= 11 is 0. The third-order valence-electron chi connectivity index (χ3n) is 12.6. The van der Waals surface area contributed by atoms with Crippen molar-refractivity contribution in [2.45, 2.75) is 130 Å². The van der Waals surface area contributed by atoms with Gasteiger partial charge in [0.25, 0.3) is 0 Å². The van der Waals surface area contributed by atoms with Gasteiger partial charge in [-0.15, -0.1) is 0 Å². The van der Waals surface area contributed by atoms with Crippen LogP contribution >= 0.6 is 0 Å². The first-order valence-electron chi connectivity index (χ1n) is 27.4. The van der Waals surface area contributed by atoms with Gasteiger partial charge in [0.15, 0.2) is 0 Å². The zero-order chi connectivity index (χ0) is 57.7. The molecule has 22 heteroatoms. The minimum absolute atomic E-state index is 0.106. The van der Waals surface area contributed by atoms with E-state index >= 15 is 0 Å². The normalized spacial score (nSPS) is 15.1. The Morgan fingerprint density at radius 2 is 0.850 bits per heavy atom. The van der Waals surface area contributed by atoms with Gasteiger partial charge >= 0.3 is 30.1 Å². The molecule has 2 N–H and O–H groups in total. The molecular weight excluding hydrogens is 1020 g/mol. The van der Waals surface area contributed by atoms with Gasteiger partial charge in [0.2, 0.25) is 17.8 Å². The molecule has 0 bridgehead atoms. The molecule has 0 aliphatic carbocycles. The number of amides is 2. The first kappa shape index (κ1) is 61.2. The van der Waals surface area contributed by atoms with Gasteiger partial charge < -0.3 is 53.9 Å². The number of hydrogen-bond donors (Lipinski definition) is 2. The van der Waals surface area contributed by atoms with Crippen LogP contribution in [-0.4, -0.2) is 158 Å². The maximum absolute atomic E-state index is 12.4. The molecule has 3 saturated heterocycles. The van der Waals surface area contributed by atoms with Crippen molar-refractivity contribution < 1.29 is 47.7 Å². The number of aromatic nitrogens is 6. The maximum atomic E-state index is 12.4. The number of carbonyl (C=O) groups excluding carboxylic acids is 5. The quantitative estimate of drug-likeness (QED) is 0.0777. The van der Waals surface area contributed by atoms with Crippen molar-refractivity contribution in [3.63, 3.8) is 0 Å². The van der Waals surface area contributed by atoms with Crippen molar-refractivity contribution in [2.24, 2.45) is 0 Å². The van der Waals surface area contributed by atoms with Crippen LogP contribution in [0.1, 0.15) is 132 Å². The van der Waals surface area contributed by atoms with E-state index in [1.54, 1.807) is 30.6 Å². The number of rotatable bonds is 14. The van der Waals surface area contributed by atoms with Crippen LogP contribution in [0, 0.1) is 0 Å². The SMILES string of the molecule is CCOC(=O)c1cnc(N(c2ccccc2)C2CCN(C(=O)OC(C)(C)C)CC2)nc1.CCOC(=O)c1cnc(N(c2ccccc2)C2CCNCC2)nc1.CCOC(=O)c1cnc(NC2CCN(C(=O)OC(C)(C)C)CC2)nc1. The summed E-state index contributed by atoms with van der Waals surface area (Å²) in [6, 6.07) is 20.6. The maximum Gasteiger partial charge on any atom is 0.410 e. The number of esters is 3. The van der Waals surface area contributed by atoms with E-state index in [9.17, 15) is 24.0 Å². The van der Waals surface area contributed by atoms with Gasteiger partial charge in [0, 0.05) is 92.9 Å². The predicted octanol–water partition coefficient (Wildman–Crippen LogP) is 9.20. The van der Waals surface area contributed by atoms with Crippen molar-refractivity contribution in [3.8, 4) is 0 Å². The number of hydrogen-bond acceptors (Lipinski definition) is 20. The Hall–Kier alpha value is -8.01. The van der Waals surface area contributed by atoms with E-state index in [2.05, 4.69) is 62.5 Å². The van der Waals surface area contributed by atoms with Gasteiger partial charge in [0.05, 0.1) is 36.5 Å².